The number of aryl methyl sites for hydroxylation is 1. The van der Waals surface area contributed by atoms with Gasteiger partial charge in [0.05, 0.1) is 10.9 Å². The van der Waals surface area contributed by atoms with Gasteiger partial charge in [-0.05, 0) is 42.0 Å². The Labute approximate surface area is 134 Å². The Morgan fingerprint density at radius 3 is 1.64 bits per heavy atom. The third-order valence-electron chi connectivity index (χ3n) is 3.56. The topological polar surface area (TPSA) is 0 Å². The lowest BCUT2D eigenvalue weighted by Gasteiger charge is -2.08. The van der Waals surface area contributed by atoms with Crippen molar-refractivity contribution in [2.24, 2.45) is 0 Å². The Kier molecular flexibility index (Phi) is 4.92. The lowest BCUT2D eigenvalue weighted by molar-refractivity contribution is 0.627. The molecule has 0 saturated heterocycles. The minimum absolute atomic E-state index is 0.0492. The van der Waals surface area contributed by atoms with Gasteiger partial charge in [-0.2, -0.15) is 0 Å². The third kappa shape index (κ3) is 3.77. The van der Waals surface area contributed by atoms with Crippen LogP contribution in [0.3, 0.4) is 0 Å². The summed E-state index contributed by atoms with van der Waals surface area (Å²) in [5.41, 5.74) is 1.19. The van der Waals surface area contributed by atoms with Gasteiger partial charge in [-0.15, -0.1) is 0 Å². The molecule has 2 heteroatoms. The number of hydrogen-bond donors (Lipinski definition) is 0. The normalized spacial score (nSPS) is 10.8. The van der Waals surface area contributed by atoms with Crippen molar-refractivity contribution in [1.82, 2.24) is 0 Å². The van der Waals surface area contributed by atoms with Gasteiger partial charge in [0.2, 0.25) is 0 Å². The SMILES string of the molecule is Fc1ccc(CC[S+](c2ccccc2)c2ccccc2)cc1. The summed E-state index contributed by atoms with van der Waals surface area (Å²) in [6.07, 6.45) is 0.952. The van der Waals surface area contributed by atoms with Crippen LogP contribution in [-0.2, 0) is 17.3 Å². The molecule has 3 rings (SSSR count). The van der Waals surface area contributed by atoms with Gasteiger partial charge in [-0.25, -0.2) is 4.39 Å². The summed E-state index contributed by atoms with van der Waals surface area (Å²) < 4.78 is 13.0. The summed E-state index contributed by atoms with van der Waals surface area (Å²) in [6.45, 7) is 0. The van der Waals surface area contributed by atoms with Gasteiger partial charge < -0.3 is 0 Å². The highest BCUT2D eigenvalue weighted by molar-refractivity contribution is 7.97. The standard InChI is InChI=1S/C20H18FS/c21-18-13-11-17(12-14-18)15-16-22(19-7-3-1-4-8-19)20-9-5-2-6-10-20/h1-14H,15-16H2/q+1. The third-order valence-corrected chi connectivity index (χ3v) is 5.86. The first-order chi connectivity index (χ1) is 10.8. The van der Waals surface area contributed by atoms with Crippen LogP contribution in [0.5, 0.6) is 0 Å². The van der Waals surface area contributed by atoms with Crippen molar-refractivity contribution in [2.75, 3.05) is 5.75 Å². The Balaban J connectivity index is 1.81. The Morgan fingerprint density at radius 1 is 0.636 bits per heavy atom. The van der Waals surface area contributed by atoms with Crippen molar-refractivity contribution < 1.29 is 4.39 Å². The first-order valence-electron chi connectivity index (χ1n) is 7.38. The molecule has 0 amide bonds. The molecule has 0 heterocycles. The predicted octanol–water partition coefficient (Wildman–Crippen LogP) is 5.10. The Hall–Kier alpha value is -2.06. The minimum Gasteiger partial charge on any atom is -0.207 e. The first-order valence-corrected chi connectivity index (χ1v) is 8.78. The van der Waals surface area contributed by atoms with Gasteiger partial charge in [0.1, 0.15) is 11.6 Å². The molecule has 0 aliphatic heterocycles. The van der Waals surface area contributed by atoms with Crippen LogP contribution in [0.1, 0.15) is 5.56 Å². The van der Waals surface area contributed by atoms with E-state index in [1.807, 2.05) is 12.1 Å². The second kappa shape index (κ2) is 7.28. The highest BCUT2D eigenvalue weighted by atomic mass is 32.2. The van der Waals surface area contributed by atoms with E-state index in [1.165, 1.54) is 15.4 Å². The van der Waals surface area contributed by atoms with E-state index >= 15 is 0 Å². The van der Waals surface area contributed by atoms with Crippen LogP contribution in [0, 0.1) is 5.82 Å². The summed E-state index contributed by atoms with van der Waals surface area (Å²) >= 11 is 0. The summed E-state index contributed by atoms with van der Waals surface area (Å²) in [5.74, 6) is 0.869. The molecule has 0 nitrogen and oxygen atoms in total. The van der Waals surface area contributed by atoms with E-state index in [1.54, 1.807) is 12.1 Å². The molecular formula is C20H18FS+. The zero-order valence-electron chi connectivity index (χ0n) is 12.3. The minimum atomic E-state index is -0.172. The predicted molar refractivity (Wildman–Crippen MR) is 91.8 cm³/mol. The molecule has 0 fully saturated rings. The van der Waals surface area contributed by atoms with Gasteiger partial charge in [0.15, 0.2) is 9.79 Å². The quantitative estimate of drug-likeness (QED) is 0.575. The lowest BCUT2D eigenvalue weighted by atomic mass is 10.2. The van der Waals surface area contributed by atoms with Crippen molar-refractivity contribution in [2.45, 2.75) is 16.2 Å². The summed E-state index contributed by atoms with van der Waals surface area (Å²) in [7, 11) is 0.0492. The van der Waals surface area contributed by atoms with Crippen LogP contribution >= 0.6 is 0 Å². The van der Waals surface area contributed by atoms with Crippen LogP contribution in [0.4, 0.5) is 4.39 Å². The maximum absolute atomic E-state index is 13.0. The van der Waals surface area contributed by atoms with Crippen molar-refractivity contribution in [1.29, 1.82) is 0 Å². The molecule has 0 aromatic heterocycles. The zero-order chi connectivity index (χ0) is 15.2. The van der Waals surface area contributed by atoms with E-state index in [9.17, 15) is 4.39 Å². The smallest absolute Gasteiger partial charge is 0.160 e. The Morgan fingerprint density at radius 2 is 1.14 bits per heavy atom. The van der Waals surface area contributed by atoms with Gasteiger partial charge >= 0.3 is 0 Å². The molecule has 0 radical (unpaired) electrons. The van der Waals surface area contributed by atoms with Gasteiger partial charge in [0, 0.05) is 6.42 Å². The second-order valence-electron chi connectivity index (χ2n) is 5.10. The number of hydrogen-bond acceptors (Lipinski definition) is 0. The Bertz CT molecular complexity index is 653. The maximum atomic E-state index is 13.0. The first kappa shape index (κ1) is 14.9. The van der Waals surface area contributed by atoms with Crippen LogP contribution in [0.25, 0.3) is 0 Å². The fourth-order valence-electron chi connectivity index (χ4n) is 2.41. The van der Waals surface area contributed by atoms with Crippen LogP contribution < -0.4 is 0 Å². The zero-order valence-corrected chi connectivity index (χ0v) is 13.1. The molecule has 3 aromatic rings. The molecule has 110 valence electrons. The van der Waals surface area contributed by atoms with Crippen LogP contribution in [0.15, 0.2) is 94.7 Å². The van der Waals surface area contributed by atoms with Crippen LogP contribution in [-0.4, -0.2) is 5.75 Å². The largest absolute Gasteiger partial charge is 0.207 e. The molecule has 0 unspecified atom stereocenters. The second-order valence-corrected chi connectivity index (χ2v) is 7.23. The molecule has 0 spiro atoms. The monoisotopic (exact) mass is 309 g/mol. The average molecular weight is 309 g/mol. The summed E-state index contributed by atoms with van der Waals surface area (Å²) in [5, 5.41) is 0. The van der Waals surface area contributed by atoms with Crippen molar-refractivity contribution >= 4 is 10.9 Å². The van der Waals surface area contributed by atoms with Crippen molar-refractivity contribution in [3.63, 3.8) is 0 Å². The molecule has 0 atom stereocenters. The highest BCUT2D eigenvalue weighted by Gasteiger charge is 2.24. The molecular weight excluding hydrogens is 291 g/mol. The fourth-order valence-corrected chi connectivity index (χ4v) is 4.57. The molecule has 0 N–H and O–H groups in total. The van der Waals surface area contributed by atoms with Gasteiger partial charge in [-0.1, -0.05) is 48.5 Å². The molecule has 0 saturated carbocycles. The van der Waals surface area contributed by atoms with Gasteiger partial charge in [-0.3, -0.25) is 0 Å². The van der Waals surface area contributed by atoms with E-state index in [0.29, 0.717) is 0 Å². The number of benzene rings is 3. The number of rotatable bonds is 5. The molecule has 3 aromatic carbocycles. The molecule has 0 aliphatic rings. The summed E-state index contributed by atoms with van der Waals surface area (Å²) in [4.78, 5) is 2.71. The van der Waals surface area contributed by atoms with Gasteiger partial charge in [0.25, 0.3) is 0 Å². The summed E-state index contributed by atoms with van der Waals surface area (Å²) in [6, 6.07) is 28.1. The van der Waals surface area contributed by atoms with E-state index in [-0.39, 0.29) is 16.7 Å². The average Bonchev–Trinajstić information content (AvgIpc) is 2.59. The fraction of sp³-hybridized carbons (Fsp3) is 0.100. The highest BCUT2D eigenvalue weighted by Crippen LogP contribution is 2.24. The van der Waals surface area contributed by atoms with Crippen LogP contribution in [0.2, 0.25) is 0 Å². The maximum Gasteiger partial charge on any atom is 0.160 e. The van der Waals surface area contributed by atoms with E-state index in [2.05, 4.69) is 60.7 Å². The van der Waals surface area contributed by atoms with E-state index in [0.717, 1.165) is 12.2 Å². The molecule has 22 heavy (non-hydrogen) atoms. The van der Waals surface area contributed by atoms with E-state index in [4.69, 9.17) is 0 Å². The molecule has 0 aliphatic carbocycles. The number of halogens is 1. The molecule has 0 bridgehead atoms. The van der Waals surface area contributed by atoms with Crippen molar-refractivity contribution in [3.05, 3.63) is 96.3 Å². The van der Waals surface area contributed by atoms with E-state index < -0.39 is 0 Å². The lowest BCUT2D eigenvalue weighted by Crippen LogP contribution is -2.11. The van der Waals surface area contributed by atoms with Crippen molar-refractivity contribution in [3.8, 4) is 0 Å².